The molecule has 25 heavy (non-hydrogen) atoms. The maximum absolute atomic E-state index is 12.1. The number of hydrogen-bond acceptors (Lipinski definition) is 6. The highest BCUT2D eigenvalue weighted by atomic mass is 32.2. The van der Waals surface area contributed by atoms with Gasteiger partial charge < -0.3 is 5.73 Å². The molecule has 2 heterocycles. The SMILES string of the molecule is Nc1sc(CCCCCNS(=O)(=O)C(F)(F)F)nc1-c1ccccn1. The molecular weight excluding hydrogens is 377 g/mol. The van der Waals surface area contributed by atoms with E-state index in [1.54, 1.807) is 12.3 Å². The molecule has 0 radical (unpaired) electrons. The number of anilines is 1. The van der Waals surface area contributed by atoms with Crippen molar-refractivity contribution < 1.29 is 21.6 Å². The summed E-state index contributed by atoms with van der Waals surface area (Å²) in [5.41, 5.74) is 1.98. The quantitative estimate of drug-likeness (QED) is 0.671. The van der Waals surface area contributed by atoms with Crippen LogP contribution in [0.3, 0.4) is 0 Å². The molecule has 6 nitrogen and oxygen atoms in total. The third-order valence-corrected chi connectivity index (χ3v) is 5.41. The topological polar surface area (TPSA) is 98.0 Å². The summed E-state index contributed by atoms with van der Waals surface area (Å²) in [5.74, 6) is 0. The van der Waals surface area contributed by atoms with Crippen LogP contribution in [0.15, 0.2) is 24.4 Å². The average Bonchev–Trinajstić information content (AvgIpc) is 2.91. The minimum Gasteiger partial charge on any atom is -0.389 e. The smallest absolute Gasteiger partial charge is 0.389 e. The van der Waals surface area contributed by atoms with Gasteiger partial charge in [-0.05, 0) is 31.4 Å². The molecule has 0 fully saturated rings. The van der Waals surface area contributed by atoms with Crippen molar-refractivity contribution in [3.63, 3.8) is 0 Å². The maximum atomic E-state index is 12.1. The monoisotopic (exact) mass is 394 g/mol. The predicted molar refractivity (Wildman–Crippen MR) is 90.3 cm³/mol. The van der Waals surface area contributed by atoms with Crippen molar-refractivity contribution in [3.8, 4) is 11.4 Å². The van der Waals surface area contributed by atoms with Gasteiger partial charge in [-0.1, -0.05) is 12.5 Å². The number of unbranched alkanes of at least 4 members (excludes halogenated alkanes) is 2. The van der Waals surface area contributed by atoms with Crippen LogP contribution >= 0.6 is 11.3 Å². The minimum absolute atomic E-state index is 0.249. The molecule has 0 atom stereocenters. The average molecular weight is 394 g/mol. The summed E-state index contributed by atoms with van der Waals surface area (Å²) < 4.78 is 59.6. The van der Waals surface area contributed by atoms with Crippen molar-refractivity contribution in [2.24, 2.45) is 0 Å². The highest BCUT2D eigenvalue weighted by molar-refractivity contribution is 7.90. The number of nitrogens with two attached hydrogens (primary N) is 1. The molecule has 2 rings (SSSR count). The standard InChI is InChI=1S/C14H17F3N4O2S2/c15-14(16,17)25(22,23)20-9-4-1-2-7-11-21-12(13(18)24-11)10-6-3-5-8-19-10/h3,5-6,8,20H,1-2,4,7,9,18H2. The lowest BCUT2D eigenvalue weighted by Gasteiger charge is -2.08. The van der Waals surface area contributed by atoms with E-state index in [0.717, 1.165) is 5.01 Å². The molecule has 0 saturated carbocycles. The summed E-state index contributed by atoms with van der Waals surface area (Å²) in [6.45, 7) is -0.249. The zero-order chi connectivity index (χ0) is 18.5. The van der Waals surface area contributed by atoms with Gasteiger partial charge in [-0.3, -0.25) is 4.98 Å². The fraction of sp³-hybridized carbons (Fsp3) is 0.429. The van der Waals surface area contributed by atoms with Gasteiger partial charge in [0.25, 0.3) is 0 Å². The molecule has 0 spiro atoms. The van der Waals surface area contributed by atoms with Gasteiger partial charge in [0.1, 0.15) is 10.7 Å². The molecule has 0 unspecified atom stereocenters. The van der Waals surface area contributed by atoms with Crippen LogP contribution in [0, 0.1) is 0 Å². The summed E-state index contributed by atoms with van der Waals surface area (Å²) in [5, 5.41) is 1.38. The van der Waals surface area contributed by atoms with Crippen LogP contribution < -0.4 is 10.5 Å². The molecule has 2 aromatic heterocycles. The zero-order valence-electron chi connectivity index (χ0n) is 13.1. The third-order valence-electron chi connectivity index (χ3n) is 3.27. The van der Waals surface area contributed by atoms with Crippen molar-refractivity contribution in [1.82, 2.24) is 14.7 Å². The molecule has 0 aliphatic carbocycles. The number of nitrogens with zero attached hydrogens (tertiary/aromatic N) is 2. The van der Waals surface area contributed by atoms with Gasteiger partial charge in [0, 0.05) is 12.7 Å². The van der Waals surface area contributed by atoms with Gasteiger partial charge >= 0.3 is 15.5 Å². The van der Waals surface area contributed by atoms with E-state index in [1.165, 1.54) is 16.1 Å². The number of rotatable bonds is 8. The number of pyridine rings is 1. The largest absolute Gasteiger partial charge is 0.511 e. The second-order valence-electron chi connectivity index (χ2n) is 5.19. The number of aryl methyl sites for hydroxylation is 1. The van der Waals surface area contributed by atoms with E-state index in [4.69, 9.17) is 5.73 Å². The lowest BCUT2D eigenvalue weighted by atomic mass is 10.2. The summed E-state index contributed by atoms with van der Waals surface area (Å²) in [6, 6.07) is 5.44. The highest BCUT2D eigenvalue weighted by Gasteiger charge is 2.45. The van der Waals surface area contributed by atoms with E-state index in [2.05, 4.69) is 9.97 Å². The second-order valence-corrected chi connectivity index (χ2v) is 8.06. The molecular formula is C14H17F3N4O2S2. The van der Waals surface area contributed by atoms with Crippen LogP contribution in [0.25, 0.3) is 11.4 Å². The fourth-order valence-corrected chi connectivity index (χ4v) is 3.50. The van der Waals surface area contributed by atoms with E-state index >= 15 is 0 Å². The predicted octanol–water partition coefficient (Wildman–Crippen LogP) is 2.94. The number of aromatic nitrogens is 2. The van der Waals surface area contributed by atoms with Crippen LogP contribution in [0.5, 0.6) is 0 Å². The van der Waals surface area contributed by atoms with Crippen LogP contribution in [-0.4, -0.2) is 30.4 Å². The molecule has 138 valence electrons. The summed E-state index contributed by atoms with van der Waals surface area (Å²) >= 11 is 1.35. The van der Waals surface area contributed by atoms with E-state index in [9.17, 15) is 21.6 Å². The molecule has 2 aromatic rings. The Hall–Kier alpha value is -1.72. The Balaban J connectivity index is 1.76. The van der Waals surface area contributed by atoms with E-state index in [-0.39, 0.29) is 6.54 Å². The summed E-state index contributed by atoms with van der Waals surface area (Å²) in [4.78, 5) is 8.63. The number of alkyl halides is 3. The molecule has 11 heteroatoms. The van der Waals surface area contributed by atoms with Crippen molar-refractivity contribution in [1.29, 1.82) is 0 Å². The Morgan fingerprint density at radius 3 is 2.60 bits per heavy atom. The van der Waals surface area contributed by atoms with Crippen molar-refractivity contribution >= 4 is 26.4 Å². The van der Waals surface area contributed by atoms with Gasteiger partial charge in [0.15, 0.2) is 0 Å². The van der Waals surface area contributed by atoms with Crippen LogP contribution in [0.2, 0.25) is 0 Å². The number of sulfonamides is 1. The Kier molecular flexibility index (Phi) is 6.36. The Bertz CT molecular complexity index is 792. The first-order valence-corrected chi connectivity index (χ1v) is 9.73. The van der Waals surface area contributed by atoms with Gasteiger partial charge in [-0.15, -0.1) is 11.3 Å². The third kappa shape index (κ3) is 5.38. The Morgan fingerprint density at radius 1 is 1.20 bits per heavy atom. The molecule has 0 amide bonds. The first-order chi connectivity index (χ1) is 11.7. The van der Waals surface area contributed by atoms with Gasteiger partial charge in [-0.2, -0.15) is 13.2 Å². The highest BCUT2D eigenvalue weighted by Crippen LogP contribution is 2.30. The van der Waals surface area contributed by atoms with Crippen LogP contribution in [0.4, 0.5) is 18.2 Å². The van der Waals surface area contributed by atoms with Crippen molar-refractivity contribution in [3.05, 3.63) is 29.4 Å². The summed E-state index contributed by atoms with van der Waals surface area (Å²) in [6.07, 6.45) is 3.81. The van der Waals surface area contributed by atoms with Crippen molar-refractivity contribution in [2.45, 2.75) is 31.2 Å². The van der Waals surface area contributed by atoms with Gasteiger partial charge in [-0.25, -0.2) is 18.1 Å². The molecule has 0 aliphatic heterocycles. The molecule has 3 N–H and O–H groups in total. The number of nitrogen functional groups attached to an aromatic ring is 1. The first kappa shape index (κ1) is 19.6. The number of halogens is 3. The van der Waals surface area contributed by atoms with Gasteiger partial charge in [0.2, 0.25) is 0 Å². The molecule has 0 bridgehead atoms. The fourth-order valence-electron chi connectivity index (χ4n) is 2.04. The van der Waals surface area contributed by atoms with Gasteiger partial charge in [0.05, 0.1) is 10.7 Å². The molecule has 0 saturated heterocycles. The van der Waals surface area contributed by atoms with E-state index in [1.807, 2.05) is 12.1 Å². The van der Waals surface area contributed by atoms with Crippen LogP contribution in [0.1, 0.15) is 24.3 Å². The Labute approximate surface area is 147 Å². The first-order valence-electron chi connectivity index (χ1n) is 7.43. The van der Waals surface area contributed by atoms with Crippen LogP contribution in [-0.2, 0) is 16.4 Å². The zero-order valence-corrected chi connectivity index (χ0v) is 14.7. The Morgan fingerprint density at radius 2 is 1.96 bits per heavy atom. The normalized spacial score (nSPS) is 12.4. The number of nitrogens with one attached hydrogen (secondary N) is 1. The van der Waals surface area contributed by atoms with E-state index in [0.29, 0.717) is 42.1 Å². The molecule has 0 aliphatic rings. The maximum Gasteiger partial charge on any atom is 0.511 e. The lowest BCUT2D eigenvalue weighted by Crippen LogP contribution is -2.36. The number of hydrogen-bond donors (Lipinski definition) is 2. The molecule has 0 aromatic carbocycles. The minimum atomic E-state index is -5.27. The lowest BCUT2D eigenvalue weighted by molar-refractivity contribution is -0.0447. The summed E-state index contributed by atoms with van der Waals surface area (Å²) in [7, 11) is -5.25. The number of thiazole rings is 1. The second kappa shape index (κ2) is 8.11. The van der Waals surface area contributed by atoms with E-state index < -0.39 is 15.5 Å². The van der Waals surface area contributed by atoms with Crippen molar-refractivity contribution in [2.75, 3.05) is 12.3 Å².